The molecular weight excluding hydrogens is 601 g/mol. The maximum Gasteiger partial charge on any atom is 0.416 e. The molecule has 0 spiro atoms. The van der Waals surface area contributed by atoms with E-state index in [0.29, 0.717) is 54.7 Å². The van der Waals surface area contributed by atoms with Gasteiger partial charge in [0, 0.05) is 68.4 Å². The molecule has 0 unspecified atom stereocenters. The standard InChI is InChI=1S/C32H31F3N8O3/c33-32(34,35)24-4-5-28(46-17-14-42-12-15-45-16-13-42)26(19-24)41-31(44)39-25-3-1-2-23(18-25)27-21-43-11-10-37-30(43)29(40-27)38-20-22-6-8-36-9-7-22/h1-11,18-19,21H,12-17,20H2,(H,38,40)(H2,39,41,44). The summed E-state index contributed by atoms with van der Waals surface area (Å²) >= 11 is 0. The minimum Gasteiger partial charge on any atom is -0.490 e. The zero-order valence-electron chi connectivity index (χ0n) is 24.6. The topological polar surface area (TPSA) is 118 Å². The zero-order chi connectivity index (χ0) is 31.9. The molecule has 3 aromatic heterocycles. The van der Waals surface area contributed by atoms with Gasteiger partial charge >= 0.3 is 12.2 Å². The van der Waals surface area contributed by atoms with Crippen molar-refractivity contribution in [2.45, 2.75) is 12.7 Å². The third-order valence-corrected chi connectivity index (χ3v) is 7.32. The lowest BCUT2D eigenvalue weighted by atomic mass is 10.1. The van der Waals surface area contributed by atoms with E-state index in [1.807, 2.05) is 35.0 Å². The second-order valence-electron chi connectivity index (χ2n) is 10.5. The first kappa shape index (κ1) is 30.8. The fraction of sp³-hybridized carbons (Fsp3) is 0.250. The molecular formula is C32H31F3N8O3. The van der Waals surface area contributed by atoms with Crippen LogP contribution < -0.4 is 20.7 Å². The molecule has 0 atom stereocenters. The summed E-state index contributed by atoms with van der Waals surface area (Å²) in [6, 6.07) is 13.1. The Balaban J connectivity index is 1.17. The van der Waals surface area contributed by atoms with Gasteiger partial charge in [0.25, 0.3) is 0 Å². The number of alkyl halides is 3. The number of morpholine rings is 1. The Morgan fingerprint density at radius 2 is 1.83 bits per heavy atom. The minimum absolute atomic E-state index is 0.0948. The second-order valence-corrected chi connectivity index (χ2v) is 10.5. The average molecular weight is 633 g/mol. The van der Waals surface area contributed by atoms with Gasteiger partial charge in [0.15, 0.2) is 11.5 Å². The van der Waals surface area contributed by atoms with Crippen LogP contribution in [0.2, 0.25) is 0 Å². The number of rotatable bonds is 10. The van der Waals surface area contributed by atoms with Gasteiger partial charge in [-0.2, -0.15) is 13.2 Å². The number of anilines is 3. The van der Waals surface area contributed by atoms with Crippen molar-refractivity contribution in [2.24, 2.45) is 0 Å². The smallest absolute Gasteiger partial charge is 0.416 e. The largest absolute Gasteiger partial charge is 0.490 e. The maximum atomic E-state index is 13.5. The number of urea groups is 1. The number of carbonyl (C=O) groups is 1. The van der Waals surface area contributed by atoms with Gasteiger partial charge in [0.05, 0.1) is 30.2 Å². The molecule has 46 heavy (non-hydrogen) atoms. The Labute approximate surface area is 262 Å². The van der Waals surface area contributed by atoms with E-state index < -0.39 is 17.8 Å². The van der Waals surface area contributed by atoms with Gasteiger partial charge in [-0.25, -0.2) is 14.8 Å². The van der Waals surface area contributed by atoms with Crippen LogP contribution in [0.5, 0.6) is 5.75 Å². The highest BCUT2D eigenvalue weighted by Crippen LogP contribution is 2.35. The van der Waals surface area contributed by atoms with E-state index in [0.717, 1.165) is 30.8 Å². The Hall–Kier alpha value is -5.21. The van der Waals surface area contributed by atoms with Gasteiger partial charge in [-0.1, -0.05) is 12.1 Å². The number of benzene rings is 2. The molecule has 0 aliphatic carbocycles. The Bertz CT molecular complexity index is 1790. The fourth-order valence-electron chi connectivity index (χ4n) is 4.96. The lowest BCUT2D eigenvalue weighted by Gasteiger charge is -2.26. The van der Waals surface area contributed by atoms with Crippen LogP contribution in [0.4, 0.5) is 35.2 Å². The van der Waals surface area contributed by atoms with Crippen LogP contribution in [-0.4, -0.2) is 69.7 Å². The molecule has 11 nitrogen and oxygen atoms in total. The summed E-state index contributed by atoms with van der Waals surface area (Å²) in [6.45, 7) is 4.05. The van der Waals surface area contributed by atoms with E-state index in [1.54, 1.807) is 36.8 Å². The van der Waals surface area contributed by atoms with Crippen LogP contribution in [0.25, 0.3) is 16.9 Å². The lowest BCUT2D eigenvalue weighted by molar-refractivity contribution is -0.137. The van der Waals surface area contributed by atoms with Gasteiger partial charge in [0.2, 0.25) is 0 Å². The summed E-state index contributed by atoms with van der Waals surface area (Å²) in [7, 11) is 0. The van der Waals surface area contributed by atoms with E-state index in [-0.39, 0.29) is 18.0 Å². The number of carbonyl (C=O) groups excluding carboxylic acids is 1. The van der Waals surface area contributed by atoms with Crippen molar-refractivity contribution in [1.82, 2.24) is 24.3 Å². The molecule has 3 N–H and O–H groups in total. The highest BCUT2D eigenvalue weighted by molar-refractivity contribution is 6.01. The monoisotopic (exact) mass is 632 g/mol. The third-order valence-electron chi connectivity index (χ3n) is 7.32. The predicted octanol–water partition coefficient (Wildman–Crippen LogP) is 5.78. The number of halogens is 3. The van der Waals surface area contributed by atoms with E-state index in [1.165, 1.54) is 6.07 Å². The molecule has 2 amide bonds. The highest BCUT2D eigenvalue weighted by Gasteiger charge is 2.31. The van der Waals surface area contributed by atoms with Crippen LogP contribution in [0, 0.1) is 0 Å². The molecule has 0 saturated carbocycles. The molecule has 0 bridgehead atoms. The van der Waals surface area contributed by atoms with Crippen LogP contribution in [0.15, 0.2) is 85.6 Å². The van der Waals surface area contributed by atoms with E-state index in [4.69, 9.17) is 14.5 Å². The van der Waals surface area contributed by atoms with Crippen LogP contribution in [0.1, 0.15) is 11.1 Å². The lowest BCUT2D eigenvalue weighted by Crippen LogP contribution is -2.38. The van der Waals surface area contributed by atoms with E-state index >= 15 is 0 Å². The number of amides is 2. The van der Waals surface area contributed by atoms with Crippen molar-refractivity contribution in [3.8, 4) is 17.0 Å². The average Bonchev–Trinajstić information content (AvgIpc) is 3.54. The number of nitrogens with one attached hydrogen (secondary N) is 3. The van der Waals surface area contributed by atoms with Crippen LogP contribution in [-0.2, 0) is 17.5 Å². The molecule has 6 rings (SSSR count). The predicted molar refractivity (Wildman–Crippen MR) is 167 cm³/mol. The van der Waals surface area contributed by atoms with Gasteiger partial charge in [-0.3, -0.25) is 9.88 Å². The van der Waals surface area contributed by atoms with Crippen LogP contribution >= 0.6 is 0 Å². The quantitative estimate of drug-likeness (QED) is 0.178. The van der Waals surface area contributed by atoms with Crippen molar-refractivity contribution >= 4 is 28.9 Å². The van der Waals surface area contributed by atoms with Gasteiger partial charge in [0.1, 0.15) is 12.4 Å². The van der Waals surface area contributed by atoms with Crippen LogP contribution in [0.3, 0.4) is 0 Å². The van der Waals surface area contributed by atoms with Gasteiger partial charge < -0.3 is 29.8 Å². The van der Waals surface area contributed by atoms with Gasteiger partial charge in [-0.05, 0) is 48.0 Å². The summed E-state index contributed by atoms with van der Waals surface area (Å²) in [5.41, 5.74) is 2.40. The number of pyridine rings is 1. The second kappa shape index (κ2) is 13.8. The summed E-state index contributed by atoms with van der Waals surface area (Å²) in [4.78, 5) is 28.4. The Morgan fingerprint density at radius 3 is 2.63 bits per heavy atom. The SMILES string of the molecule is O=C(Nc1cccc(-c2cn3ccnc3c(NCc3ccncc3)n2)c1)Nc1cc(C(F)(F)F)ccc1OCCN1CCOCC1. The van der Waals surface area contributed by atoms with Gasteiger partial charge in [-0.15, -0.1) is 0 Å². The molecule has 2 aromatic carbocycles. The first-order valence-electron chi connectivity index (χ1n) is 14.6. The molecule has 238 valence electrons. The number of hydrogen-bond donors (Lipinski definition) is 3. The number of fused-ring (bicyclic) bond motifs is 1. The number of imidazole rings is 1. The summed E-state index contributed by atoms with van der Waals surface area (Å²) in [6.07, 6.45) is 4.14. The summed E-state index contributed by atoms with van der Waals surface area (Å²) in [5, 5.41) is 8.57. The van der Waals surface area contributed by atoms with Crippen molar-refractivity contribution in [3.05, 3.63) is 96.7 Å². The highest BCUT2D eigenvalue weighted by atomic mass is 19.4. The number of aromatic nitrogens is 4. The first-order chi connectivity index (χ1) is 22.3. The van der Waals surface area contributed by atoms with Crippen molar-refractivity contribution in [3.63, 3.8) is 0 Å². The van der Waals surface area contributed by atoms with Crippen molar-refractivity contribution < 1.29 is 27.4 Å². The van der Waals surface area contributed by atoms with E-state index in [9.17, 15) is 18.0 Å². The van der Waals surface area contributed by atoms with Crippen molar-refractivity contribution in [2.75, 3.05) is 55.4 Å². The normalized spacial score (nSPS) is 13.8. The van der Waals surface area contributed by atoms with E-state index in [2.05, 4.69) is 30.8 Å². The maximum absolute atomic E-state index is 13.5. The Morgan fingerprint density at radius 1 is 1.00 bits per heavy atom. The third kappa shape index (κ3) is 7.71. The molecule has 1 fully saturated rings. The number of ether oxygens (including phenoxy) is 2. The molecule has 1 aliphatic heterocycles. The minimum atomic E-state index is -4.59. The summed E-state index contributed by atoms with van der Waals surface area (Å²) < 4.78 is 53.5. The first-order valence-corrected chi connectivity index (χ1v) is 14.6. The molecule has 14 heteroatoms. The van der Waals surface area contributed by atoms with Crippen molar-refractivity contribution in [1.29, 1.82) is 0 Å². The molecule has 0 radical (unpaired) electrons. The zero-order valence-corrected chi connectivity index (χ0v) is 24.6. The molecule has 1 saturated heterocycles. The Kier molecular flexibility index (Phi) is 9.26. The molecule has 1 aliphatic rings. The number of hydrogen-bond acceptors (Lipinski definition) is 8. The molecule has 5 aromatic rings. The number of nitrogens with zero attached hydrogens (tertiary/aromatic N) is 5. The summed E-state index contributed by atoms with van der Waals surface area (Å²) in [5.74, 6) is 0.705. The fourth-order valence-corrected chi connectivity index (χ4v) is 4.96. The molecule has 4 heterocycles.